The minimum atomic E-state index is -0.651. The molecule has 1 aromatic heterocycles. The molecule has 1 nitrogen and oxygen atoms in total. The average molecular weight is 286 g/mol. The van der Waals surface area contributed by atoms with E-state index in [0.717, 1.165) is 26.9 Å². The van der Waals surface area contributed by atoms with Crippen molar-refractivity contribution in [2.75, 3.05) is 0 Å². The van der Waals surface area contributed by atoms with Crippen LogP contribution in [0.5, 0.6) is 0 Å². The van der Waals surface area contributed by atoms with Crippen LogP contribution in [-0.2, 0) is 6.42 Å². The maximum atomic E-state index is 13.2. The molecule has 0 fully saturated rings. The molecule has 0 saturated heterocycles. The fraction of sp³-hybridized carbons (Fsp3) is 0.176. The lowest BCUT2D eigenvalue weighted by molar-refractivity contribution is 0.224. The number of thiophene rings is 1. The first kappa shape index (κ1) is 13.3. The lowest BCUT2D eigenvalue weighted by atomic mass is 10.0. The van der Waals surface area contributed by atoms with E-state index in [1.54, 1.807) is 6.07 Å². The molecule has 102 valence electrons. The monoisotopic (exact) mass is 286 g/mol. The molecule has 1 N–H and O–H groups in total. The van der Waals surface area contributed by atoms with E-state index in [0.29, 0.717) is 0 Å². The van der Waals surface area contributed by atoms with Gasteiger partial charge in [0.1, 0.15) is 11.9 Å². The van der Waals surface area contributed by atoms with Gasteiger partial charge in [0.15, 0.2) is 0 Å². The average Bonchev–Trinajstić information content (AvgIpc) is 2.89. The third kappa shape index (κ3) is 2.47. The van der Waals surface area contributed by atoms with E-state index in [-0.39, 0.29) is 5.82 Å². The zero-order chi connectivity index (χ0) is 14.1. The van der Waals surface area contributed by atoms with Gasteiger partial charge in [-0.1, -0.05) is 31.2 Å². The van der Waals surface area contributed by atoms with Crippen molar-refractivity contribution in [3.63, 3.8) is 0 Å². The van der Waals surface area contributed by atoms with Crippen LogP contribution in [0.25, 0.3) is 10.1 Å². The molecule has 0 aliphatic heterocycles. The molecule has 0 aliphatic carbocycles. The van der Waals surface area contributed by atoms with Gasteiger partial charge in [0.2, 0.25) is 0 Å². The molecule has 1 heterocycles. The first-order chi connectivity index (χ1) is 9.67. The fourth-order valence-electron chi connectivity index (χ4n) is 2.32. The van der Waals surface area contributed by atoms with Gasteiger partial charge in [-0.15, -0.1) is 11.3 Å². The number of halogens is 1. The van der Waals surface area contributed by atoms with Gasteiger partial charge in [-0.3, -0.25) is 0 Å². The minimum Gasteiger partial charge on any atom is -0.383 e. The van der Waals surface area contributed by atoms with Crippen LogP contribution in [0, 0.1) is 5.82 Å². The molecule has 0 amide bonds. The molecule has 0 aliphatic rings. The summed E-state index contributed by atoms with van der Waals surface area (Å²) in [4.78, 5) is 0.846. The number of benzene rings is 2. The number of aliphatic hydroxyl groups is 1. The van der Waals surface area contributed by atoms with Crippen LogP contribution in [-0.4, -0.2) is 5.11 Å². The summed E-state index contributed by atoms with van der Waals surface area (Å²) in [6.45, 7) is 2.09. The van der Waals surface area contributed by atoms with Gasteiger partial charge in [-0.2, -0.15) is 0 Å². The van der Waals surface area contributed by atoms with Crippen LogP contribution in [0.15, 0.2) is 48.5 Å². The van der Waals surface area contributed by atoms with E-state index in [1.807, 2.05) is 24.3 Å². The molecule has 1 atom stereocenters. The molecule has 0 radical (unpaired) electrons. The molecule has 1 unspecified atom stereocenters. The van der Waals surface area contributed by atoms with Crippen LogP contribution >= 0.6 is 11.3 Å². The highest BCUT2D eigenvalue weighted by molar-refractivity contribution is 7.19. The van der Waals surface area contributed by atoms with Crippen molar-refractivity contribution in [2.45, 2.75) is 19.4 Å². The van der Waals surface area contributed by atoms with Gasteiger partial charge < -0.3 is 5.11 Å². The second kappa shape index (κ2) is 5.35. The van der Waals surface area contributed by atoms with Gasteiger partial charge in [-0.25, -0.2) is 4.39 Å². The van der Waals surface area contributed by atoms with Crippen LogP contribution < -0.4 is 0 Å². The minimum absolute atomic E-state index is 0.246. The van der Waals surface area contributed by atoms with Crippen LogP contribution in [0.3, 0.4) is 0 Å². The van der Waals surface area contributed by atoms with Crippen LogP contribution in [0.1, 0.15) is 29.0 Å². The number of rotatable bonds is 3. The molecule has 3 heteroatoms. The second-order valence-corrected chi connectivity index (χ2v) is 5.95. The highest BCUT2D eigenvalue weighted by Gasteiger charge is 2.14. The zero-order valence-corrected chi connectivity index (χ0v) is 12.0. The van der Waals surface area contributed by atoms with E-state index < -0.39 is 6.10 Å². The van der Waals surface area contributed by atoms with Crippen molar-refractivity contribution in [1.29, 1.82) is 0 Å². The summed E-state index contributed by atoms with van der Waals surface area (Å²) >= 11 is 1.51. The Morgan fingerprint density at radius 1 is 1.15 bits per heavy atom. The lowest BCUT2D eigenvalue weighted by Crippen LogP contribution is -1.97. The van der Waals surface area contributed by atoms with Crippen molar-refractivity contribution in [1.82, 2.24) is 0 Å². The largest absolute Gasteiger partial charge is 0.383 e. The van der Waals surface area contributed by atoms with Gasteiger partial charge in [0.25, 0.3) is 0 Å². The van der Waals surface area contributed by atoms with Crippen molar-refractivity contribution in [2.24, 2.45) is 0 Å². The molecular formula is C17H15FOS. The smallest absolute Gasteiger partial charge is 0.123 e. The standard InChI is InChI=1S/C17H15FOS/c1-2-11-4-3-5-12(8-11)17(19)16-10-13-9-14(18)6-7-15(13)20-16/h3-10,17,19H,2H2,1H3. The predicted molar refractivity (Wildman–Crippen MR) is 81.7 cm³/mol. The summed E-state index contributed by atoms with van der Waals surface area (Å²) in [7, 11) is 0. The Morgan fingerprint density at radius 2 is 2.00 bits per heavy atom. The molecule has 0 bridgehead atoms. The summed E-state index contributed by atoms with van der Waals surface area (Å²) in [5.74, 6) is -0.246. The Bertz CT molecular complexity index is 748. The first-order valence-electron chi connectivity index (χ1n) is 6.63. The molecule has 3 aromatic rings. The van der Waals surface area contributed by atoms with Gasteiger partial charge in [0.05, 0.1) is 0 Å². The number of fused-ring (bicyclic) bond motifs is 1. The highest BCUT2D eigenvalue weighted by atomic mass is 32.1. The Morgan fingerprint density at radius 3 is 2.80 bits per heavy atom. The predicted octanol–water partition coefficient (Wildman–Crippen LogP) is 4.68. The van der Waals surface area contributed by atoms with Crippen LogP contribution in [0.2, 0.25) is 0 Å². The van der Waals surface area contributed by atoms with E-state index >= 15 is 0 Å². The van der Waals surface area contributed by atoms with Crippen LogP contribution in [0.4, 0.5) is 4.39 Å². The fourth-order valence-corrected chi connectivity index (χ4v) is 3.38. The Kier molecular flexibility index (Phi) is 3.55. The van der Waals surface area contributed by atoms with Gasteiger partial charge >= 0.3 is 0 Å². The molecule has 0 spiro atoms. The molecule has 20 heavy (non-hydrogen) atoms. The van der Waals surface area contributed by atoms with Gasteiger partial charge in [0, 0.05) is 9.58 Å². The first-order valence-corrected chi connectivity index (χ1v) is 7.45. The Labute approximate surface area is 121 Å². The molecule has 0 saturated carbocycles. The Hall–Kier alpha value is -1.71. The normalized spacial score (nSPS) is 12.8. The Balaban J connectivity index is 2.00. The van der Waals surface area contributed by atoms with Crippen molar-refractivity contribution < 1.29 is 9.50 Å². The highest BCUT2D eigenvalue weighted by Crippen LogP contribution is 2.33. The van der Waals surface area contributed by atoms with E-state index in [1.165, 1.54) is 29.0 Å². The summed E-state index contributed by atoms with van der Waals surface area (Å²) in [5, 5.41) is 11.3. The number of aliphatic hydroxyl groups excluding tert-OH is 1. The topological polar surface area (TPSA) is 20.2 Å². The molecular weight excluding hydrogens is 271 g/mol. The summed E-state index contributed by atoms with van der Waals surface area (Å²) in [5.41, 5.74) is 2.09. The van der Waals surface area contributed by atoms with Gasteiger partial charge in [-0.05, 0) is 47.2 Å². The number of hydrogen-bond donors (Lipinski definition) is 1. The van der Waals surface area contributed by atoms with E-state index in [2.05, 4.69) is 13.0 Å². The molecule has 2 aromatic carbocycles. The van der Waals surface area contributed by atoms with Crippen molar-refractivity contribution in [3.05, 3.63) is 70.4 Å². The van der Waals surface area contributed by atoms with E-state index in [4.69, 9.17) is 0 Å². The lowest BCUT2D eigenvalue weighted by Gasteiger charge is -2.10. The quantitative estimate of drug-likeness (QED) is 0.741. The van der Waals surface area contributed by atoms with Crippen molar-refractivity contribution >= 4 is 21.4 Å². The molecule has 3 rings (SSSR count). The maximum Gasteiger partial charge on any atom is 0.123 e. The maximum absolute atomic E-state index is 13.2. The SMILES string of the molecule is CCc1cccc(C(O)c2cc3cc(F)ccc3s2)c1. The second-order valence-electron chi connectivity index (χ2n) is 4.83. The van der Waals surface area contributed by atoms with Crippen molar-refractivity contribution in [3.8, 4) is 0 Å². The number of hydrogen-bond acceptors (Lipinski definition) is 2. The van der Waals surface area contributed by atoms with E-state index in [9.17, 15) is 9.50 Å². The zero-order valence-electron chi connectivity index (χ0n) is 11.1. The number of aryl methyl sites for hydroxylation is 1. The summed E-state index contributed by atoms with van der Waals surface area (Å²) in [6, 6.07) is 14.5. The summed E-state index contributed by atoms with van der Waals surface area (Å²) in [6.07, 6.45) is 0.292. The third-order valence-corrected chi connectivity index (χ3v) is 4.61. The third-order valence-electron chi connectivity index (χ3n) is 3.44. The summed E-state index contributed by atoms with van der Waals surface area (Å²) < 4.78 is 14.2.